The number of halogens is 3. The quantitative estimate of drug-likeness (QED) is 0.464. The summed E-state index contributed by atoms with van der Waals surface area (Å²) in [6.45, 7) is 20.8. The van der Waals surface area contributed by atoms with Crippen molar-refractivity contribution < 1.29 is 27.8 Å². The number of aliphatic hydroxyl groups excluding tert-OH is 1. The Morgan fingerprint density at radius 3 is 2.32 bits per heavy atom. The Labute approximate surface area is 228 Å². The monoisotopic (exact) mass is 555 g/mol. The smallest absolute Gasteiger partial charge is 0.390 e. The van der Waals surface area contributed by atoms with Gasteiger partial charge < -0.3 is 19.5 Å². The number of hydrogen-bond acceptors (Lipinski definition) is 7. The Kier molecular flexibility index (Phi) is 10.5. The Bertz CT molecular complexity index is 1010. The molecule has 2 fully saturated rings. The number of ether oxygens (including phenoxy) is 2. The average molecular weight is 556 g/mol. The first-order chi connectivity index (χ1) is 18.0. The molecule has 1 aromatic carbocycles. The fraction of sp³-hybridized carbons (Fsp3) is 0.571. The van der Waals surface area contributed by atoms with Crippen molar-refractivity contribution in [1.82, 2.24) is 9.80 Å². The Balaban J connectivity index is 0.00000195. The fourth-order valence-electron chi connectivity index (χ4n) is 4.84. The number of hydrogen-bond donors (Lipinski definition) is 1. The Morgan fingerprint density at radius 2 is 1.76 bits per heavy atom. The number of allylic oxidation sites excluding steroid dienone is 2. The van der Waals surface area contributed by atoms with Gasteiger partial charge in [0.05, 0.1) is 42.3 Å². The largest absolute Gasteiger partial charge is 0.416 e. The van der Waals surface area contributed by atoms with Crippen LogP contribution in [0, 0.1) is 0 Å². The predicted octanol–water partition coefficient (Wildman–Crippen LogP) is 5.36. The number of alkyl halides is 3. The molecule has 2 unspecified atom stereocenters. The number of aliphatic hydroxyl groups is 1. The summed E-state index contributed by atoms with van der Waals surface area (Å²) in [6.07, 6.45) is -1.89. The van der Waals surface area contributed by atoms with Crippen molar-refractivity contribution in [3.05, 3.63) is 59.7 Å². The van der Waals surface area contributed by atoms with Crippen LogP contribution in [0.1, 0.15) is 33.3 Å². The molecule has 0 saturated carbocycles. The van der Waals surface area contributed by atoms with Gasteiger partial charge in [0, 0.05) is 49.1 Å². The minimum absolute atomic E-state index is 0.0546. The summed E-state index contributed by atoms with van der Waals surface area (Å²) < 4.78 is 51.8. The van der Waals surface area contributed by atoms with Crippen molar-refractivity contribution in [3.63, 3.8) is 0 Å². The minimum Gasteiger partial charge on any atom is -0.390 e. The van der Waals surface area contributed by atoms with E-state index >= 15 is 0 Å². The fourth-order valence-corrected chi connectivity index (χ4v) is 5.87. The highest BCUT2D eigenvalue weighted by molar-refractivity contribution is 8.03. The van der Waals surface area contributed by atoms with E-state index in [0.29, 0.717) is 29.4 Å². The molecule has 0 bridgehead atoms. The summed E-state index contributed by atoms with van der Waals surface area (Å²) in [5.74, 6) is -0.534. The number of anilines is 1. The van der Waals surface area contributed by atoms with E-state index in [9.17, 15) is 18.3 Å². The minimum atomic E-state index is -4.45. The van der Waals surface area contributed by atoms with E-state index in [4.69, 9.17) is 9.47 Å². The zero-order valence-electron chi connectivity index (χ0n) is 22.8. The molecular formula is C28H40F3N3O3S. The van der Waals surface area contributed by atoms with E-state index in [1.54, 1.807) is 17.1 Å². The zero-order valence-corrected chi connectivity index (χ0v) is 23.6. The highest BCUT2D eigenvalue weighted by atomic mass is 32.2. The lowest BCUT2D eigenvalue weighted by molar-refractivity contribution is -0.141. The standard InChI is InChI=1S/C26H34F3N3O3S.C2H6/c1-5-21-23(6-2)36-24-8-7-18(26(27,28)29)13-22(24)32(21)15-19(33)14-30-9-11-31(12-10-30)16-20-17-34-25(3,4)35-20;1-2/h5-8,13,19-20,33H,1-2,9-12,14-17H2,3-4H3;1-2H3. The van der Waals surface area contributed by atoms with E-state index in [2.05, 4.69) is 23.0 Å². The van der Waals surface area contributed by atoms with Gasteiger partial charge in [-0.25, -0.2) is 0 Å². The number of rotatable bonds is 8. The van der Waals surface area contributed by atoms with Gasteiger partial charge in [0.2, 0.25) is 0 Å². The molecule has 4 rings (SSSR count). The molecule has 0 spiro atoms. The summed E-state index contributed by atoms with van der Waals surface area (Å²) in [5.41, 5.74) is 0.344. The number of piperazine rings is 1. The number of thioether (sulfide) groups is 1. The normalized spacial score (nSPS) is 22.9. The molecule has 0 amide bonds. The van der Waals surface area contributed by atoms with Crippen LogP contribution in [0.3, 0.4) is 0 Å². The predicted molar refractivity (Wildman–Crippen MR) is 147 cm³/mol. The van der Waals surface area contributed by atoms with E-state index in [0.717, 1.165) is 49.8 Å². The van der Waals surface area contributed by atoms with Crippen molar-refractivity contribution in [1.29, 1.82) is 0 Å². The molecule has 212 valence electrons. The molecule has 0 radical (unpaired) electrons. The van der Waals surface area contributed by atoms with Gasteiger partial charge in [0.25, 0.3) is 0 Å². The third-order valence-corrected chi connectivity index (χ3v) is 7.74. The van der Waals surface area contributed by atoms with Crippen molar-refractivity contribution in [2.45, 2.75) is 56.8 Å². The SMILES string of the molecule is C=CC1=C(C=C)N(CC(O)CN2CCN(CC3COC(C)(C)O3)CC2)c2cc(C(F)(F)F)ccc2S1.CC. The first-order valence-corrected chi connectivity index (χ1v) is 13.9. The van der Waals surface area contributed by atoms with Gasteiger partial charge in [-0.2, -0.15) is 13.2 Å². The second-order valence-electron chi connectivity index (χ2n) is 9.76. The second-order valence-corrected chi connectivity index (χ2v) is 10.8. The second kappa shape index (κ2) is 13.0. The Hall–Kier alpha value is -1.82. The maximum absolute atomic E-state index is 13.4. The van der Waals surface area contributed by atoms with Crippen molar-refractivity contribution in [2.24, 2.45) is 0 Å². The topological polar surface area (TPSA) is 48.4 Å². The van der Waals surface area contributed by atoms with Crippen LogP contribution in [0.5, 0.6) is 0 Å². The molecule has 38 heavy (non-hydrogen) atoms. The van der Waals surface area contributed by atoms with Gasteiger partial charge in [-0.05, 0) is 38.1 Å². The van der Waals surface area contributed by atoms with Crippen LogP contribution >= 0.6 is 11.8 Å². The summed E-state index contributed by atoms with van der Waals surface area (Å²) >= 11 is 1.35. The first kappa shape index (κ1) is 30.7. The lowest BCUT2D eigenvalue weighted by Gasteiger charge is -2.38. The van der Waals surface area contributed by atoms with Gasteiger partial charge in [-0.15, -0.1) is 0 Å². The van der Waals surface area contributed by atoms with Crippen LogP contribution in [-0.2, 0) is 15.7 Å². The van der Waals surface area contributed by atoms with Crippen LogP contribution < -0.4 is 4.90 Å². The highest BCUT2D eigenvalue weighted by Crippen LogP contribution is 2.46. The molecule has 1 aromatic rings. The number of benzene rings is 1. The van der Waals surface area contributed by atoms with Crippen molar-refractivity contribution in [2.75, 3.05) is 57.3 Å². The summed E-state index contributed by atoms with van der Waals surface area (Å²) in [4.78, 5) is 7.73. The number of nitrogens with zero attached hydrogens (tertiary/aromatic N) is 3. The molecule has 3 aliphatic rings. The van der Waals surface area contributed by atoms with Crippen LogP contribution in [0.4, 0.5) is 18.9 Å². The molecule has 0 aliphatic carbocycles. The van der Waals surface area contributed by atoms with E-state index < -0.39 is 23.6 Å². The average Bonchev–Trinajstić information content (AvgIpc) is 3.23. The van der Waals surface area contributed by atoms with E-state index in [1.165, 1.54) is 17.8 Å². The molecule has 0 aromatic heterocycles. The van der Waals surface area contributed by atoms with Crippen LogP contribution in [-0.4, -0.2) is 85.3 Å². The van der Waals surface area contributed by atoms with E-state index in [1.807, 2.05) is 27.7 Å². The molecular weight excluding hydrogens is 515 g/mol. The molecule has 6 nitrogen and oxygen atoms in total. The lowest BCUT2D eigenvalue weighted by atomic mass is 10.1. The zero-order chi connectivity index (χ0) is 28.1. The number of fused-ring (bicyclic) bond motifs is 1. The van der Waals surface area contributed by atoms with Gasteiger partial charge in [-0.1, -0.05) is 44.8 Å². The summed E-state index contributed by atoms with van der Waals surface area (Å²) in [6, 6.07) is 3.71. The Morgan fingerprint density at radius 1 is 1.11 bits per heavy atom. The molecule has 3 heterocycles. The van der Waals surface area contributed by atoms with E-state index in [-0.39, 0.29) is 12.6 Å². The summed E-state index contributed by atoms with van der Waals surface area (Å²) in [7, 11) is 0. The maximum atomic E-state index is 13.4. The molecule has 3 aliphatic heterocycles. The van der Waals surface area contributed by atoms with Crippen LogP contribution in [0.2, 0.25) is 0 Å². The molecule has 1 N–H and O–H groups in total. The molecule has 2 atom stereocenters. The third-order valence-electron chi connectivity index (χ3n) is 6.58. The van der Waals surface area contributed by atoms with Gasteiger partial charge in [0.15, 0.2) is 5.79 Å². The van der Waals surface area contributed by atoms with Crippen LogP contribution in [0.15, 0.2) is 59.0 Å². The van der Waals surface area contributed by atoms with Gasteiger partial charge in [-0.3, -0.25) is 9.80 Å². The lowest BCUT2D eigenvalue weighted by Crippen LogP contribution is -2.51. The van der Waals surface area contributed by atoms with Gasteiger partial charge >= 0.3 is 6.18 Å². The highest BCUT2D eigenvalue weighted by Gasteiger charge is 2.35. The first-order valence-electron chi connectivity index (χ1n) is 13.1. The maximum Gasteiger partial charge on any atom is 0.416 e. The molecule has 2 saturated heterocycles. The summed E-state index contributed by atoms with van der Waals surface area (Å²) in [5, 5.41) is 11.0. The molecule has 10 heteroatoms. The van der Waals surface area contributed by atoms with Crippen molar-refractivity contribution in [3.8, 4) is 0 Å². The third kappa shape index (κ3) is 7.64. The van der Waals surface area contributed by atoms with Gasteiger partial charge in [0.1, 0.15) is 0 Å². The van der Waals surface area contributed by atoms with Crippen molar-refractivity contribution >= 4 is 17.4 Å². The number of β-amino-alcohol motifs (C(OH)–C–C–N with tert-alkyl or cyclic N) is 1. The van der Waals surface area contributed by atoms with Crippen LogP contribution in [0.25, 0.3) is 0 Å².